The second-order valence-corrected chi connectivity index (χ2v) is 7.35. The average molecular weight is 334 g/mol. The molecule has 0 bridgehead atoms. The number of nitrogens with zero attached hydrogens (tertiary/aromatic N) is 1. The van der Waals surface area contributed by atoms with E-state index in [9.17, 15) is 4.79 Å². The van der Waals surface area contributed by atoms with E-state index in [0.717, 1.165) is 18.5 Å². The average Bonchev–Trinajstić information content (AvgIpc) is 3.10. The minimum Gasteiger partial charge on any atom is -0.454 e. The van der Waals surface area contributed by atoms with Gasteiger partial charge >= 0.3 is 5.97 Å². The molecule has 6 heteroatoms. The molecule has 0 saturated carbocycles. The van der Waals surface area contributed by atoms with Gasteiger partial charge in [0.25, 0.3) is 0 Å². The lowest BCUT2D eigenvalue weighted by atomic mass is 9.73. The van der Waals surface area contributed by atoms with Gasteiger partial charge in [0.05, 0.1) is 10.4 Å². The van der Waals surface area contributed by atoms with Crippen LogP contribution in [0.25, 0.3) is 0 Å². The normalized spacial score (nSPS) is 37.1. The van der Waals surface area contributed by atoms with Crippen molar-refractivity contribution < 1.29 is 19.0 Å². The summed E-state index contributed by atoms with van der Waals surface area (Å²) in [6, 6.07) is 3.75. The number of halogens is 1. The summed E-state index contributed by atoms with van der Waals surface area (Å²) < 4.78 is 16.6. The van der Waals surface area contributed by atoms with Crippen molar-refractivity contribution in [3.05, 3.63) is 35.4 Å². The Bertz CT molecular complexity index is 748. The van der Waals surface area contributed by atoms with Gasteiger partial charge in [-0.2, -0.15) is 0 Å². The molecule has 0 N–H and O–H groups in total. The van der Waals surface area contributed by atoms with E-state index in [1.807, 2.05) is 18.2 Å². The maximum atomic E-state index is 12.4. The number of carbonyl (C=O) groups excluding carboxylic acids is 1. The fourth-order valence-corrected chi connectivity index (χ4v) is 4.83. The van der Waals surface area contributed by atoms with Crippen molar-refractivity contribution in [1.82, 2.24) is 4.90 Å². The first-order valence-corrected chi connectivity index (χ1v) is 8.18. The van der Waals surface area contributed by atoms with Crippen LogP contribution < -0.4 is 9.47 Å². The largest absolute Gasteiger partial charge is 0.454 e. The highest BCUT2D eigenvalue weighted by atomic mass is 35.5. The molecule has 3 heterocycles. The number of fused-ring (bicyclic) bond motifs is 6. The van der Waals surface area contributed by atoms with E-state index < -0.39 is 4.87 Å². The quantitative estimate of drug-likeness (QED) is 0.414. The number of likely N-dealkylation sites (N-methyl/N-ethyl adjacent to an activating group) is 1. The Labute approximate surface area is 138 Å². The third-order valence-corrected chi connectivity index (χ3v) is 5.98. The van der Waals surface area contributed by atoms with Gasteiger partial charge in [-0.1, -0.05) is 6.08 Å². The smallest absolute Gasteiger partial charge is 0.339 e. The van der Waals surface area contributed by atoms with Gasteiger partial charge in [0.1, 0.15) is 6.10 Å². The zero-order chi connectivity index (χ0) is 15.8. The van der Waals surface area contributed by atoms with Gasteiger partial charge in [-0.05, 0) is 37.2 Å². The standard InChI is InChI=1S/C17H16ClNO4/c1-19-5-4-17(18)3-2-11-14(15(17)19)9-6-12-13(22-8-21-12)7-10(9)16(20)23-11/h2-3,6-7,11,14-15H,4-5,8H2,1H3/t11-,14-,15+,17-/m1/s1. The van der Waals surface area contributed by atoms with Crippen LogP contribution in [0.4, 0.5) is 0 Å². The molecule has 5 nitrogen and oxygen atoms in total. The zero-order valence-corrected chi connectivity index (χ0v) is 13.4. The molecule has 3 aliphatic heterocycles. The highest BCUT2D eigenvalue weighted by Crippen LogP contribution is 2.51. The number of hydrogen-bond donors (Lipinski definition) is 0. The molecule has 1 saturated heterocycles. The maximum Gasteiger partial charge on any atom is 0.339 e. The summed E-state index contributed by atoms with van der Waals surface area (Å²) in [5.74, 6) is 0.981. The molecule has 4 atom stereocenters. The molecule has 0 radical (unpaired) electrons. The van der Waals surface area contributed by atoms with Crippen LogP contribution in [-0.2, 0) is 4.74 Å². The predicted octanol–water partition coefficient (Wildman–Crippen LogP) is 2.29. The van der Waals surface area contributed by atoms with Crippen molar-refractivity contribution in [2.75, 3.05) is 20.4 Å². The Hall–Kier alpha value is -1.72. The van der Waals surface area contributed by atoms with E-state index in [2.05, 4.69) is 11.9 Å². The van der Waals surface area contributed by atoms with Gasteiger partial charge in [0, 0.05) is 18.5 Å². The molecule has 0 aromatic heterocycles. The third-order valence-electron chi connectivity index (χ3n) is 5.44. The van der Waals surface area contributed by atoms with Crippen LogP contribution in [-0.4, -0.2) is 48.3 Å². The lowest BCUT2D eigenvalue weighted by molar-refractivity contribution is 0.0187. The third kappa shape index (κ3) is 1.75. The summed E-state index contributed by atoms with van der Waals surface area (Å²) in [5.41, 5.74) is 1.51. The van der Waals surface area contributed by atoms with Crippen molar-refractivity contribution in [2.45, 2.75) is 29.4 Å². The van der Waals surface area contributed by atoms with Gasteiger partial charge in [0.2, 0.25) is 6.79 Å². The van der Waals surface area contributed by atoms with Crippen LogP contribution in [0.15, 0.2) is 24.3 Å². The Balaban J connectivity index is 1.71. The van der Waals surface area contributed by atoms with Crippen LogP contribution in [0, 0.1) is 0 Å². The second kappa shape index (κ2) is 4.42. The molecule has 120 valence electrons. The molecule has 23 heavy (non-hydrogen) atoms. The van der Waals surface area contributed by atoms with Crippen LogP contribution in [0.3, 0.4) is 0 Å². The maximum absolute atomic E-state index is 12.4. The summed E-state index contributed by atoms with van der Waals surface area (Å²) in [7, 11) is 2.08. The second-order valence-electron chi connectivity index (χ2n) is 6.65. The van der Waals surface area contributed by atoms with Crippen LogP contribution in [0.1, 0.15) is 28.3 Å². The summed E-state index contributed by atoms with van der Waals surface area (Å²) in [6.07, 6.45) is 4.56. The minimum atomic E-state index is -0.409. The van der Waals surface area contributed by atoms with Crippen LogP contribution in [0.2, 0.25) is 0 Å². The fourth-order valence-electron chi connectivity index (χ4n) is 4.37. The minimum absolute atomic E-state index is 0.00667. The Morgan fingerprint density at radius 3 is 2.91 bits per heavy atom. The molecule has 1 aliphatic carbocycles. The molecular weight excluding hydrogens is 318 g/mol. The number of benzene rings is 1. The Morgan fingerprint density at radius 2 is 2.09 bits per heavy atom. The van der Waals surface area contributed by atoms with E-state index in [-0.39, 0.29) is 30.8 Å². The number of ether oxygens (including phenoxy) is 3. The number of rotatable bonds is 0. The van der Waals surface area contributed by atoms with Crippen molar-refractivity contribution in [2.24, 2.45) is 0 Å². The summed E-state index contributed by atoms with van der Waals surface area (Å²) >= 11 is 6.88. The van der Waals surface area contributed by atoms with E-state index in [0.29, 0.717) is 17.1 Å². The molecule has 0 unspecified atom stereocenters. The topological polar surface area (TPSA) is 48.0 Å². The Kier molecular flexibility index (Phi) is 2.63. The van der Waals surface area contributed by atoms with Crippen LogP contribution >= 0.6 is 11.6 Å². The predicted molar refractivity (Wildman–Crippen MR) is 83.3 cm³/mol. The van der Waals surface area contributed by atoms with E-state index in [1.165, 1.54) is 0 Å². The molecule has 1 fully saturated rings. The van der Waals surface area contributed by atoms with Gasteiger partial charge < -0.3 is 19.1 Å². The highest BCUT2D eigenvalue weighted by molar-refractivity contribution is 6.26. The number of likely N-dealkylation sites (tertiary alicyclic amines) is 1. The van der Waals surface area contributed by atoms with Gasteiger partial charge in [-0.25, -0.2) is 4.79 Å². The Morgan fingerprint density at radius 1 is 1.30 bits per heavy atom. The number of esters is 1. The molecule has 0 spiro atoms. The summed E-state index contributed by atoms with van der Waals surface area (Å²) in [5, 5.41) is 0. The van der Waals surface area contributed by atoms with Crippen molar-refractivity contribution in [3.63, 3.8) is 0 Å². The molecule has 1 aromatic rings. The molecule has 5 rings (SSSR count). The number of hydrogen-bond acceptors (Lipinski definition) is 5. The summed E-state index contributed by atoms with van der Waals surface area (Å²) in [4.78, 5) is 14.3. The van der Waals surface area contributed by atoms with Crippen molar-refractivity contribution >= 4 is 17.6 Å². The monoisotopic (exact) mass is 333 g/mol. The first kappa shape index (κ1) is 13.7. The van der Waals surface area contributed by atoms with Gasteiger partial charge in [-0.3, -0.25) is 0 Å². The number of alkyl halides is 1. The zero-order valence-electron chi connectivity index (χ0n) is 12.6. The lowest BCUT2D eigenvalue weighted by Crippen LogP contribution is -2.52. The summed E-state index contributed by atoms with van der Waals surface area (Å²) in [6.45, 7) is 1.11. The van der Waals surface area contributed by atoms with Crippen molar-refractivity contribution in [1.29, 1.82) is 0 Å². The van der Waals surface area contributed by atoms with Gasteiger partial charge in [0.15, 0.2) is 11.5 Å². The molecular formula is C17H16ClNO4. The first-order chi connectivity index (χ1) is 11.1. The fraction of sp³-hybridized carbons (Fsp3) is 0.471. The SMILES string of the molecule is CN1CC[C@]2(Cl)C=C[C@H]3OC(=O)c4cc5c(cc4[C@H]3[C@H]12)OCO5. The van der Waals surface area contributed by atoms with Crippen LogP contribution in [0.5, 0.6) is 11.5 Å². The van der Waals surface area contributed by atoms with E-state index >= 15 is 0 Å². The van der Waals surface area contributed by atoms with E-state index in [1.54, 1.807) is 6.07 Å². The highest BCUT2D eigenvalue weighted by Gasteiger charge is 2.55. The van der Waals surface area contributed by atoms with Gasteiger partial charge in [-0.15, -0.1) is 11.6 Å². The molecule has 4 aliphatic rings. The molecule has 1 aromatic carbocycles. The lowest BCUT2D eigenvalue weighted by Gasteiger charge is -2.45. The van der Waals surface area contributed by atoms with Crippen molar-refractivity contribution in [3.8, 4) is 11.5 Å². The number of carbonyl (C=O) groups is 1. The molecule has 0 amide bonds. The first-order valence-electron chi connectivity index (χ1n) is 7.80. The van der Waals surface area contributed by atoms with E-state index in [4.69, 9.17) is 25.8 Å².